The van der Waals surface area contributed by atoms with Crippen LogP contribution in [-0.2, 0) is 28.6 Å². The van der Waals surface area contributed by atoms with Gasteiger partial charge in [-0.05, 0) is 57.8 Å². The van der Waals surface area contributed by atoms with Crippen molar-refractivity contribution in [3.05, 3.63) is 60.8 Å². The maximum absolute atomic E-state index is 12.7. The molecule has 0 saturated heterocycles. The van der Waals surface area contributed by atoms with Gasteiger partial charge in [0.1, 0.15) is 12.6 Å². The molecule has 8 nitrogen and oxygen atoms in total. The minimum Gasteiger partial charge on any atom is -0.544 e. The van der Waals surface area contributed by atoms with Crippen LogP contribution in [0, 0.1) is 0 Å². The molecule has 0 aromatic carbocycles. The Morgan fingerprint density at radius 1 is 0.517 bits per heavy atom. The van der Waals surface area contributed by atoms with Gasteiger partial charge in [-0.15, -0.1) is 0 Å². The second-order valence-corrected chi connectivity index (χ2v) is 17.3. The van der Waals surface area contributed by atoms with Crippen molar-refractivity contribution < 1.29 is 38.2 Å². The van der Waals surface area contributed by atoms with Crippen molar-refractivity contribution in [1.82, 2.24) is 0 Å². The number of quaternary nitrogens is 1. The quantitative estimate of drug-likeness (QED) is 0.0261. The van der Waals surface area contributed by atoms with Gasteiger partial charge in [0, 0.05) is 19.3 Å². The van der Waals surface area contributed by atoms with Crippen LogP contribution < -0.4 is 5.11 Å². The molecular weight excluding hydrogens is 751 g/mol. The van der Waals surface area contributed by atoms with E-state index in [1.165, 1.54) is 83.5 Å². The van der Waals surface area contributed by atoms with Crippen LogP contribution in [0.5, 0.6) is 0 Å². The summed E-state index contributed by atoms with van der Waals surface area (Å²) < 4.78 is 17.2. The molecule has 0 bridgehead atoms. The molecule has 0 aliphatic carbocycles. The molecule has 0 aliphatic heterocycles. The number of allylic oxidation sites excluding steroid dienone is 10. The van der Waals surface area contributed by atoms with E-state index in [-0.39, 0.29) is 42.7 Å². The summed E-state index contributed by atoms with van der Waals surface area (Å²) in [5, 5.41) is 11.6. The highest BCUT2D eigenvalue weighted by atomic mass is 16.6. The molecule has 0 N–H and O–H groups in total. The number of hydrogen-bond acceptors (Lipinski definition) is 7. The first-order chi connectivity index (χ1) is 29.1. The standard InChI is InChI=1S/C52H91NO7/c1-6-8-10-12-14-16-18-20-22-23-24-25-26-27-28-29-31-32-34-36-38-40-42-50(54)59-47-48(46-58-45-44-49(52(56)57)53(3,4)5)60-51(55)43-41-39-37-35-33-30-21-19-17-15-13-11-9-7-2/h8,10,14,16,20,22,24-25,27-28,48-49H,6-7,9,11-13,15,17-19,21,23,26,29-47H2,1-5H3/b10-8+,16-14+,22-20+,25-24+,28-27+. The van der Waals surface area contributed by atoms with E-state index in [0.717, 1.165) is 83.5 Å². The number of nitrogens with zero attached hydrogens (tertiary/aromatic N) is 1. The average Bonchev–Trinajstić information content (AvgIpc) is 3.21. The van der Waals surface area contributed by atoms with Gasteiger partial charge in [-0.25, -0.2) is 0 Å². The predicted molar refractivity (Wildman–Crippen MR) is 249 cm³/mol. The zero-order chi connectivity index (χ0) is 44.2. The van der Waals surface area contributed by atoms with Gasteiger partial charge in [0.05, 0.1) is 40.3 Å². The number of hydrogen-bond donors (Lipinski definition) is 0. The number of carboxylic acids is 1. The molecular formula is C52H91NO7. The highest BCUT2D eigenvalue weighted by Gasteiger charge is 2.25. The third-order valence-electron chi connectivity index (χ3n) is 10.7. The fraction of sp³-hybridized carbons (Fsp3) is 0.750. The summed E-state index contributed by atoms with van der Waals surface area (Å²) in [6.07, 6.45) is 52.4. The van der Waals surface area contributed by atoms with Gasteiger partial charge >= 0.3 is 11.9 Å². The van der Waals surface area contributed by atoms with Crippen LogP contribution in [0.3, 0.4) is 0 Å². The van der Waals surface area contributed by atoms with Gasteiger partial charge in [0.25, 0.3) is 0 Å². The number of esters is 2. The first kappa shape index (κ1) is 57.0. The van der Waals surface area contributed by atoms with E-state index < -0.39 is 18.1 Å². The molecule has 0 aliphatic rings. The molecule has 2 unspecified atom stereocenters. The summed E-state index contributed by atoms with van der Waals surface area (Å²) in [5.41, 5.74) is 0. The van der Waals surface area contributed by atoms with Gasteiger partial charge < -0.3 is 28.6 Å². The van der Waals surface area contributed by atoms with Crippen LogP contribution in [0.1, 0.15) is 200 Å². The van der Waals surface area contributed by atoms with E-state index in [0.29, 0.717) is 12.8 Å². The largest absolute Gasteiger partial charge is 0.544 e. The topological polar surface area (TPSA) is 102 Å². The van der Waals surface area contributed by atoms with E-state index in [1.54, 1.807) is 21.1 Å². The summed E-state index contributed by atoms with van der Waals surface area (Å²) in [6, 6.07) is -0.729. The molecule has 0 amide bonds. The van der Waals surface area contributed by atoms with E-state index in [9.17, 15) is 19.5 Å². The summed E-state index contributed by atoms with van der Waals surface area (Å²) >= 11 is 0. The van der Waals surface area contributed by atoms with Gasteiger partial charge in [0.15, 0.2) is 6.10 Å². The van der Waals surface area contributed by atoms with Crippen molar-refractivity contribution in [3.63, 3.8) is 0 Å². The molecule has 0 heterocycles. The summed E-state index contributed by atoms with van der Waals surface area (Å²) in [7, 11) is 5.41. The number of carbonyl (C=O) groups is 3. The SMILES string of the molecule is CC/C=C/C/C=C/C/C=C/C/C=C/C/C=C/CCCCCCCCC(=O)OCC(COCCC(C(=O)[O-])[N+](C)(C)C)OC(=O)CCCCCCCCCCCCCCCC. The Kier molecular flexibility index (Phi) is 40.6. The lowest BCUT2D eigenvalue weighted by molar-refractivity contribution is -0.889. The number of likely N-dealkylation sites (N-methyl/N-ethyl adjacent to an activating group) is 1. The normalized spacial score (nSPS) is 13.4. The molecule has 60 heavy (non-hydrogen) atoms. The third kappa shape index (κ3) is 40.4. The zero-order valence-corrected chi connectivity index (χ0v) is 39.4. The van der Waals surface area contributed by atoms with Crippen LogP contribution in [0.2, 0.25) is 0 Å². The summed E-state index contributed by atoms with van der Waals surface area (Å²) in [6.45, 7) is 4.54. The van der Waals surface area contributed by atoms with Crippen LogP contribution in [0.15, 0.2) is 60.8 Å². The fourth-order valence-corrected chi connectivity index (χ4v) is 6.92. The second-order valence-electron chi connectivity index (χ2n) is 17.3. The summed E-state index contributed by atoms with van der Waals surface area (Å²) in [4.78, 5) is 37.0. The number of carboxylic acid groups (broad SMARTS) is 1. The van der Waals surface area contributed by atoms with E-state index in [4.69, 9.17) is 14.2 Å². The minimum atomic E-state index is -1.13. The van der Waals surface area contributed by atoms with Crippen molar-refractivity contribution >= 4 is 17.9 Å². The Morgan fingerprint density at radius 3 is 1.38 bits per heavy atom. The molecule has 0 aromatic rings. The van der Waals surface area contributed by atoms with Crippen molar-refractivity contribution in [1.29, 1.82) is 0 Å². The number of carbonyl (C=O) groups excluding carboxylic acids is 3. The van der Waals surface area contributed by atoms with Crippen LogP contribution in [0.4, 0.5) is 0 Å². The van der Waals surface area contributed by atoms with Crippen molar-refractivity contribution in [2.75, 3.05) is 41.0 Å². The van der Waals surface area contributed by atoms with Gasteiger partial charge in [-0.3, -0.25) is 9.59 Å². The molecule has 0 rings (SSSR count). The highest BCUT2D eigenvalue weighted by molar-refractivity contribution is 5.70. The number of rotatable bonds is 43. The Labute approximate surface area is 368 Å². The first-order valence-electron chi connectivity index (χ1n) is 24.3. The third-order valence-corrected chi connectivity index (χ3v) is 10.7. The molecule has 0 fully saturated rings. The molecule has 346 valence electrons. The molecule has 2 atom stereocenters. The Bertz CT molecular complexity index is 1170. The number of ether oxygens (including phenoxy) is 3. The van der Waals surface area contributed by atoms with Gasteiger partial charge in [0.2, 0.25) is 0 Å². The van der Waals surface area contributed by atoms with Crippen molar-refractivity contribution in [2.24, 2.45) is 0 Å². The molecule has 0 spiro atoms. The second kappa shape index (κ2) is 42.7. The van der Waals surface area contributed by atoms with Crippen molar-refractivity contribution in [2.45, 2.75) is 212 Å². The van der Waals surface area contributed by atoms with Crippen LogP contribution in [-0.4, -0.2) is 75.5 Å². The Balaban J connectivity index is 4.29. The molecule has 0 radical (unpaired) electrons. The predicted octanol–water partition coefficient (Wildman–Crippen LogP) is 12.4. The lowest BCUT2D eigenvalue weighted by Gasteiger charge is -2.34. The first-order valence-corrected chi connectivity index (χ1v) is 24.3. The molecule has 0 aromatic heterocycles. The monoisotopic (exact) mass is 842 g/mol. The average molecular weight is 842 g/mol. The maximum Gasteiger partial charge on any atom is 0.306 e. The maximum atomic E-state index is 12.7. The lowest BCUT2D eigenvalue weighted by Crippen LogP contribution is -2.55. The van der Waals surface area contributed by atoms with Gasteiger partial charge in [-0.2, -0.15) is 0 Å². The number of unbranched alkanes of at least 4 members (excludes halogenated alkanes) is 19. The van der Waals surface area contributed by atoms with E-state index in [1.807, 2.05) is 0 Å². The smallest absolute Gasteiger partial charge is 0.306 e. The highest BCUT2D eigenvalue weighted by Crippen LogP contribution is 2.15. The van der Waals surface area contributed by atoms with Crippen LogP contribution in [0.25, 0.3) is 0 Å². The Hall–Kier alpha value is -2.97. The van der Waals surface area contributed by atoms with E-state index >= 15 is 0 Å². The molecule has 0 saturated carbocycles. The minimum absolute atomic E-state index is 0.0360. The number of aliphatic carboxylic acids is 1. The molecule has 8 heteroatoms. The van der Waals surface area contributed by atoms with Crippen molar-refractivity contribution in [3.8, 4) is 0 Å². The summed E-state index contributed by atoms with van der Waals surface area (Å²) in [5.74, 6) is -1.75. The van der Waals surface area contributed by atoms with E-state index in [2.05, 4.69) is 74.6 Å². The fourth-order valence-electron chi connectivity index (χ4n) is 6.92. The Morgan fingerprint density at radius 2 is 0.933 bits per heavy atom. The van der Waals surface area contributed by atoms with Gasteiger partial charge in [-0.1, -0.05) is 184 Å². The lowest BCUT2D eigenvalue weighted by atomic mass is 10.0. The zero-order valence-electron chi connectivity index (χ0n) is 39.4. The van der Waals surface area contributed by atoms with Crippen LogP contribution >= 0.6 is 0 Å².